The molecule has 1 N–H and O–H groups in total. The quantitative estimate of drug-likeness (QED) is 0.670. The second kappa shape index (κ2) is 8.89. The Morgan fingerprint density at radius 1 is 1.04 bits per heavy atom. The van der Waals surface area contributed by atoms with Crippen molar-refractivity contribution < 1.29 is 0 Å². The van der Waals surface area contributed by atoms with Crippen LogP contribution in [0.15, 0.2) is 35.2 Å². The Morgan fingerprint density at radius 3 is 2.70 bits per heavy atom. The summed E-state index contributed by atoms with van der Waals surface area (Å²) >= 11 is 8.53. The summed E-state index contributed by atoms with van der Waals surface area (Å²) in [7, 11) is 0. The summed E-state index contributed by atoms with van der Waals surface area (Å²) in [6.07, 6.45) is 6.18. The van der Waals surface area contributed by atoms with Crippen LogP contribution < -0.4 is 10.2 Å². The fourth-order valence-corrected chi connectivity index (χ4v) is 5.67. The van der Waals surface area contributed by atoms with E-state index in [4.69, 9.17) is 11.6 Å². The number of benzene rings is 2. The van der Waals surface area contributed by atoms with Crippen molar-refractivity contribution in [3.63, 3.8) is 0 Å². The molecular weight excluding hydrogens is 372 g/mol. The van der Waals surface area contributed by atoms with E-state index in [0.29, 0.717) is 0 Å². The highest BCUT2D eigenvalue weighted by Crippen LogP contribution is 2.35. The lowest BCUT2D eigenvalue weighted by Crippen LogP contribution is -2.29. The molecule has 0 atom stereocenters. The number of nitrogens with one attached hydrogen (secondary N) is 1. The molecule has 1 fully saturated rings. The SMILES string of the molecule is Cc1ccc2c(c1SCc1ccc(Cl)c(N3CCCCC3)c1)CCNCC2. The smallest absolute Gasteiger partial charge is 0.0639 e. The van der Waals surface area contributed by atoms with E-state index >= 15 is 0 Å². The van der Waals surface area contributed by atoms with Crippen molar-refractivity contribution in [2.75, 3.05) is 31.1 Å². The third kappa shape index (κ3) is 4.47. The summed E-state index contributed by atoms with van der Waals surface area (Å²) in [6, 6.07) is 11.2. The van der Waals surface area contributed by atoms with E-state index in [1.807, 2.05) is 11.8 Å². The number of hydrogen-bond donors (Lipinski definition) is 1. The molecule has 4 rings (SSSR count). The first-order valence-electron chi connectivity index (χ1n) is 10.2. The van der Waals surface area contributed by atoms with Crippen LogP contribution in [0.4, 0.5) is 5.69 Å². The minimum Gasteiger partial charge on any atom is -0.370 e. The summed E-state index contributed by atoms with van der Waals surface area (Å²) in [5.74, 6) is 1.00. The monoisotopic (exact) mass is 400 g/mol. The van der Waals surface area contributed by atoms with E-state index in [-0.39, 0.29) is 0 Å². The maximum atomic E-state index is 6.53. The van der Waals surface area contributed by atoms with Gasteiger partial charge in [0, 0.05) is 23.7 Å². The molecule has 0 aliphatic carbocycles. The molecule has 2 aliphatic heterocycles. The third-order valence-corrected chi connectivity index (χ3v) is 7.42. The number of anilines is 1. The first-order valence-corrected chi connectivity index (χ1v) is 11.6. The van der Waals surface area contributed by atoms with Crippen LogP contribution in [-0.2, 0) is 18.6 Å². The molecule has 1 saturated heterocycles. The van der Waals surface area contributed by atoms with E-state index < -0.39 is 0 Å². The summed E-state index contributed by atoms with van der Waals surface area (Å²) < 4.78 is 0. The molecule has 4 heteroatoms. The van der Waals surface area contributed by atoms with E-state index in [0.717, 1.165) is 49.8 Å². The van der Waals surface area contributed by atoms with Gasteiger partial charge in [-0.05, 0) is 86.5 Å². The zero-order chi connectivity index (χ0) is 18.6. The maximum absolute atomic E-state index is 6.53. The van der Waals surface area contributed by atoms with Crippen molar-refractivity contribution >= 4 is 29.1 Å². The van der Waals surface area contributed by atoms with Gasteiger partial charge in [-0.2, -0.15) is 0 Å². The topological polar surface area (TPSA) is 15.3 Å². The van der Waals surface area contributed by atoms with Gasteiger partial charge in [0.05, 0.1) is 10.7 Å². The van der Waals surface area contributed by atoms with E-state index in [2.05, 4.69) is 47.5 Å². The Bertz CT molecular complexity index is 799. The van der Waals surface area contributed by atoms with E-state index in [1.165, 1.54) is 46.5 Å². The third-order valence-electron chi connectivity index (χ3n) is 5.77. The van der Waals surface area contributed by atoms with Crippen molar-refractivity contribution in [3.05, 3.63) is 57.6 Å². The van der Waals surface area contributed by atoms with Crippen LogP contribution in [0.5, 0.6) is 0 Å². The fourth-order valence-electron chi connectivity index (χ4n) is 4.24. The van der Waals surface area contributed by atoms with Crippen molar-refractivity contribution in [3.8, 4) is 0 Å². The average molecular weight is 401 g/mol. The van der Waals surface area contributed by atoms with Gasteiger partial charge in [0.2, 0.25) is 0 Å². The average Bonchev–Trinajstić information content (AvgIpc) is 2.94. The largest absolute Gasteiger partial charge is 0.370 e. The van der Waals surface area contributed by atoms with E-state index in [1.54, 1.807) is 5.56 Å². The molecule has 0 unspecified atom stereocenters. The summed E-state index contributed by atoms with van der Waals surface area (Å²) in [4.78, 5) is 3.96. The number of halogens is 1. The number of hydrogen-bond acceptors (Lipinski definition) is 3. The van der Waals surface area contributed by atoms with Crippen LogP contribution >= 0.6 is 23.4 Å². The van der Waals surface area contributed by atoms with Crippen LogP contribution in [-0.4, -0.2) is 26.2 Å². The highest BCUT2D eigenvalue weighted by molar-refractivity contribution is 7.98. The lowest BCUT2D eigenvalue weighted by atomic mass is 10.0. The maximum Gasteiger partial charge on any atom is 0.0639 e. The second-order valence-corrected chi connectivity index (χ2v) is 9.11. The van der Waals surface area contributed by atoms with Gasteiger partial charge in [0.15, 0.2) is 0 Å². The van der Waals surface area contributed by atoms with Gasteiger partial charge in [-0.3, -0.25) is 0 Å². The van der Waals surface area contributed by atoms with Crippen molar-refractivity contribution in [1.29, 1.82) is 0 Å². The number of piperidine rings is 1. The van der Waals surface area contributed by atoms with Gasteiger partial charge in [0.1, 0.15) is 0 Å². The van der Waals surface area contributed by atoms with Crippen molar-refractivity contribution in [2.24, 2.45) is 0 Å². The van der Waals surface area contributed by atoms with E-state index in [9.17, 15) is 0 Å². The highest BCUT2D eigenvalue weighted by Gasteiger charge is 2.16. The summed E-state index contributed by atoms with van der Waals surface area (Å²) in [6.45, 7) is 6.70. The molecule has 144 valence electrons. The van der Waals surface area contributed by atoms with Gasteiger partial charge in [-0.15, -0.1) is 11.8 Å². The molecule has 0 bridgehead atoms. The molecule has 2 aliphatic rings. The Hall–Kier alpha value is -1.16. The summed E-state index contributed by atoms with van der Waals surface area (Å²) in [5, 5.41) is 4.43. The van der Waals surface area contributed by atoms with Crippen molar-refractivity contribution in [2.45, 2.75) is 49.7 Å². The number of thioether (sulfide) groups is 1. The van der Waals surface area contributed by atoms with Crippen LogP contribution in [0.3, 0.4) is 0 Å². The summed E-state index contributed by atoms with van der Waals surface area (Å²) in [5.41, 5.74) is 7.09. The minimum absolute atomic E-state index is 0.890. The van der Waals surface area contributed by atoms with Crippen LogP contribution in [0, 0.1) is 6.92 Å². The number of nitrogens with zero attached hydrogens (tertiary/aromatic N) is 1. The number of aryl methyl sites for hydroxylation is 1. The van der Waals surface area contributed by atoms with Crippen LogP contribution in [0.25, 0.3) is 0 Å². The molecule has 2 aromatic rings. The van der Waals surface area contributed by atoms with Gasteiger partial charge in [-0.1, -0.05) is 29.8 Å². The highest BCUT2D eigenvalue weighted by atomic mass is 35.5. The van der Waals surface area contributed by atoms with Crippen LogP contribution in [0.2, 0.25) is 5.02 Å². The zero-order valence-corrected chi connectivity index (χ0v) is 17.8. The first kappa shape index (κ1) is 19.2. The number of fused-ring (bicyclic) bond motifs is 1. The molecule has 0 spiro atoms. The predicted octanol–water partition coefficient (Wildman–Crippen LogP) is 5.62. The molecule has 27 heavy (non-hydrogen) atoms. The van der Waals surface area contributed by atoms with Gasteiger partial charge >= 0.3 is 0 Å². The molecule has 2 nitrogen and oxygen atoms in total. The number of rotatable bonds is 4. The lowest BCUT2D eigenvalue weighted by molar-refractivity contribution is 0.578. The Balaban J connectivity index is 1.54. The van der Waals surface area contributed by atoms with Gasteiger partial charge in [-0.25, -0.2) is 0 Å². The Kier molecular flexibility index (Phi) is 6.31. The van der Waals surface area contributed by atoms with Gasteiger partial charge in [0.25, 0.3) is 0 Å². The second-order valence-electron chi connectivity index (χ2n) is 7.72. The molecule has 0 amide bonds. The predicted molar refractivity (Wildman–Crippen MR) is 119 cm³/mol. The molecule has 0 aromatic heterocycles. The minimum atomic E-state index is 0.890. The molecule has 2 heterocycles. The molecular formula is C23H29ClN2S. The lowest BCUT2D eigenvalue weighted by Gasteiger charge is -2.30. The first-order chi connectivity index (χ1) is 13.2. The van der Waals surface area contributed by atoms with Gasteiger partial charge < -0.3 is 10.2 Å². The Morgan fingerprint density at radius 2 is 1.85 bits per heavy atom. The normalized spacial score (nSPS) is 17.5. The fraction of sp³-hybridized carbons (Fsp3) is 0.478. The standard InChI is InChI=1S/C23H29ClN2S/c1-17-5-7-19-9-11-25-12-10-20(19)23(17)27-16-18-6-8-21(24)22(15-18)26-13-3-2-4-14-26/h5-8,15,25H,2-4,9-14,16H2,1H3. The molecule has 2 aromatic carbocycles. The molecule has 0 radical (unpaired) electrons. The van der Waals surface area contributed by atoms with Crippen LogP contribution in [0.1, 0.15) is 41.5 Å². The Labute approximate surface area is 172 Å². The zero-order valence-electron chi connectivity index (χ0n) is 16.2. The molecule has 0 saturated carbocycles. The van der Waals surface area contributed by atoms with Crippen molar-refractivity contribution in [1.82, 2.24) is 5.32 Å².